The van der Waals surface area contributed by atoms with Crippen LogP contribution in [0.25, 0.3) is 0 Å². The lowest BCUT2D eigenvalue weighted by Crippen LogP contribution is -2.24. The number of ether oxygens (including phenoxy) is 2. The Balaban J connectivity index is 1.78. The van der Waals surface area contributed by atoms with Crippen LogP contribution in [0.2, 0.25) is 0 Å². The molecule has 0 aliphatic heterocycles. The van der Waals surface area contributed by atoms with E-state index in [-0.39, 0.29) is 13.0 Å². The van der Waals surface area contributed by atoms with E-state index in [1.165, 1.54) is 0 Å². The van der Waals surface area contributed by atoms with Gasteiger partial charge in [0.05, 0.1) is 17.7 Å². The predicted octanol–water partition coefficient (Wildman–Crippen LogP) is 4.11. The highest BCUT2D eigenvalue weighted by molar-refractivity contribution is 5.89. The van der Waals surface area contributed by atoms with Crippen molar-refractivity contribution in [3.63, 3.8) is 0 Å². The molecule has 0 N–H and O–H groups in total. The van der Waals surface area contributed by atoms with Crippen molar-refractivity contribution in [1.29, 1.82) is 0 Å². The molecule has 0 spiro atoms. The summed E-state index contributed by atoms with van der Waals surface area (Å²) in [6, 6.07) is 16.7. The third-order valence-electron chi connectivity index (χ3n) is 3.90. The lowest BCUT2D eigenvalue weighted by molar-refractivity contribution is -0.422. The quantitative estimate of drug-likeness (QED) is 0.180. The van der Waals surface area contributed by atoms with Crippen molar-refractivity contribution in [2.45, 2.75) is 32.5 Å². The standard InChI is InChI=1S/C23H28O8/c1-2-15-26-16-9-17-27-18-14-21(28-30-22(24)19-10-5-3-6-11-19)29-31-23(25)20-12-7-4-8-13-20/h3-8,10-13,21H,2,9,14-18H2,1H3. The van der Waals surface area contributed by atoms with Crippen LogP contribution in [0.5, 0.6) is 0 Å². The second kappa shape index (κ2) is 15.1. The molecular weight excluding hydrogens is 404 g/mol. The van der Waals surface area contributed by atoms with Crippen molar-refractivity contribution in [3.8, 4) is 0 Å². The van der Waals surface area contributed by atoms with Gasteiger partial charge in [0.15, 0.2) is 0 Å². The largest absolute Gasteiger partial charge is 0.381 e. The molecule has 2 aromatic rings. The zero-order chi connectivity index (χ0) is 22.2. The van der Waals surface area contributed by atoms with E-state index in [1.54, 1.807) is 60.7 Å². The van der Waals surface area contributed by atoms with Crippen molar-refractivity contribution >= 4 is 11.9 Å². The number of hydrogen-bond donors (Lipinski definition) is 0. The maximum absolute atomic E-state index is 12.1. The van der Waals surface area contributed by atoms with E-state index >= 15 is 0 Å². The Morgan fingerprint density at radius 2 is 1.19 bits per heavy atom. The zero-order valence-electron chi connectivity index (χ0n) is 17.6. The van der Waals surface area contributed by atoms with E-state index in [9.17, 15) is 9.59 Å². The van der Waals surface area contributed by atoms with E-state index in [2.05, 4.69) is 0 Å². The molecule has 0 fully saturated rings. The molecule has 31 heavy (non-hydrogen) atoms. The molecule has 0 heterocycles. The van der Waals surface area contributed by atoms with Crippen LogP contribution in [0.1, 0.15) is 46.9 Å². The number of carbonyl (C=O) groups is 2. The van der Waals surface area contributed by atoms with Gasteiger partial charge in [0, 0.05) is 26.2 Å². The first-order chi connectivity index (χ1) is 15.2. The molecule has 0 aromatic heterocycles. The van der Waals surface area contributed by atoms with Crippen molar-refractivity contribution in [2.75, 3.05) is 26.4 Å². The number of rotatable bonds is 15. The Labute approximate surface area is 181 Å². The molecule has 0 aliphatic carbocycles. The summed E-state index contributed by atoms with van der Waals surface area (Å²) in [6.07, 6.45) is 0.732. The maximum Gasteiger partial charge on any atom is 0.373 e. The molecule has 0 radical (unpaired) electrons. The van der Waals surface area contributed by atoms with E-state index in [1.807, 2.05) is 6.92 Å². The SMILES string of the molecule is CCCOCCCOCCC(OOC(=O)c1ccccc1)OOC(=O)c1ccccc1. The number of benzene rings is 2. The van der Waals surface area contributed by atoms with Gasteiger partial charge >= 0.3 is 11.9 Å². The van der Waals surface area contributed by atoms with Crippen molar-refractivity contribution < 1.29 is 38.6 Å². The summed E-state index contributed by atoms with van der Waals surface area (Å²) in [4.78, 5) is 43.9. The van der Waals surface area contributed by atoms with Gasteiger partial charge in [0.1, 0.15) is 0 Å². The zero-order valence-corrected chi connectivity index (χ0v) is 17.6. The minimum absolute atomic E-state index is 0.167. The normalized spacial score (nSPS) is 10.8. The summed E-state index contributed by atoms with van der Waals surface area (Å²) < 4.78 is 10.9. The van der Waals surface area contributed by atoms with Crippen LogP contribution in [-0.2, 0) is 29.0 Å². The van der Waals surface area contributed by atoms with Gasteiger partial charge < -0.3 is 9.47 Å². The molecular formula is C23H28O8. The van der Waals surface area contributed by atoms with Crippen molar-refractivity contribution in [1.82, 2.24) is 0 Å². The molecule has 0 unspecified atom stereocenters. The summed E-state index contributed by atoms with van der Waals surface area (Å²) in [5.41, 5.74) is 0.622. The van der Waals surface area contributed by atoms with Gasteiger partial charge in [-0.15, -0.1) is 9.78 Å². The van der Waals surface area contributed by atoms with Gasteiger partial charge in [-0.25, -0.2) is 9.59 Å². The lowest BCUT2D eigenvalue weighted by atomic mass is 10.2. The monoisotopic (exact) mass is 432 g/mol. The summed E-state index contributed by atoms with van der Waals surface area (Å²) in [7, 11) is 0. The van der Waals surface area contributed by atoms with Crippen LogP contribution < -0.4 is 0 Å². The van der Waals surface area contributed by atoms with Gasteiger partial charge in [-0.2, -0.15) is 0 Å². The topological polar surface area (TPSA) is 89.5 Å². The highest BCUT2D eigenvalue weighted by Gasteiger charge is 2.19. The van der Waals surface area contributed by atoms with Gasteiger partial charge in [0.25, 0.3) is 0 Å². The minimum Gasteiger partial charge on any atom is -0.381 e. The van der Waals surface area contributed by atoms with E-state index in [0.717, 1.165) is 19.4 Å². The van der Waals surface area contributed by atoms with Gasteiger partial charge in [-0.1, -0.05) is 43.3 Å². The molecule has 168 valence electrons. The second-order valence-electron chi connectivity index (χ2n) is 6.46. The van der Waals surface area contributed by atoms with E-state index in [0.29, 0.717) is 24.3 Å². The third-order valence-corrected chi connectivity index (χ3v) is 3.90. The summed E-state index contributed by atoms with van der Waals surface area (Å²) in [5, 5.41) is 0. The number of hydrogen-bond acceptors (Lipinski definition) is 8. The smallest absolute Gasteiger partial charge is 0.373 e. The number of carbonyl (C=O) groups excluding carboxylic acids is 2. The van der Waals surface area contributed by atoms with Gasteiger partial charge in [0.2, 0.25) is 6.29 Å². The van der Waals surface area contributed by atoms with Gasteiger partial charge in [-0.05, 0) is 37.1 Å². The molecule has 0 bridgehead atoms. The first kappa shape index (κ1) is 24.5. The van der Waals surface area contributed by atoms with Crippen LogP contribution in [0.15, 0.2) is 60.7 Å². The Morgan fingerprint density at radius 3 is 1.68 bits per heavy atom. The van der Waals surface area contributed by atoms with Crippen LogP contribution in [0, 0.1) is 0 Å². The highest BCUT2D eigenvalue weighted by atomic mass is 17.3. The first-order valence-corrected chi connectivity index (χ1v) is 10.2. The fourth-order valence-electron chi connectivity index (χ4n) is 2.34. The molecule has 8 heteroatoms. The summed E-state index contributed by atoms with van der Waals surface area (Å²) in [6.45, 7) is 4.12. The molecule has 0 amide bonds. The molecule has 0 saturated carbocycles. The molecule has 0 saturated heterocycles. The summed E-state index contributed by atoms with van der Waals surface area (Å²) in [5.74, 6) is -1.39. The summed E-state index contributed by atoms with van der Waals surface area (Å²) >= 11 is 0. The van der Waals surface area contributed by atoms with Crippen LogP contribution in [-0.4, -0.2) is 44.7 Å². The fourth-order valence-corrected chi connectivity index (χ4v) is 2.34. The predicted molar refractivity (Wildman–Crippen MR) is 111 cm³/mol. The third kappa shape index (κ3) is 10.2. The molecule has 0 atom stereocenters. The first-order valence-electron chi connectivity index (χ1n) is 10.2. The van der Waals surface area contributed by atoms with E-state index in [4.69, 9.17) is 29.0 Å². The van der Waals surface area contributed by atoms with Crippen molar-refractivity contribution in [2.24, 2.45) is 0 Å². The Bertz CT molecular complexity index is 695. The highest BCUT2D eigenvalue weighted by Crippen LogP contribution is 2.10. The Hall–Kier alpha value is -2.78. The van der Waals surface area contributed by atoms with Crippen LogP contribution >= 0.6 is 0 Å². The maximum atomic E-state index is 12.1. The molecule has 0 aliphatic rings. The van der Waals surface area contributed by atoms with Crippen molar-refractivity contribution in [3.05, 3.63) is 71.8 Å². The Kier molecular flexibility index (Phi) is 11.9. The van der Waals surface area contributed by atoms with E-state index < -0.39 is 18.2 Å². The lowest BCUT2D eigenvalue weighted by Gasteiger charge is -2.15. The second-order valence-corrected chi connectivity index (χ2v) is 6.46. The van der Waals surface area contributed by atoms with Gasteiger partial charge in [-0.3, -0.25) is 9.78 Å². The van der Waals surface area contributed by atoms with Crippen LogP contribution in [0.3, 0.4) is 0 Å². The molecule has 2 aromatic carbocycles. The van der Waals surface area contributed by atoms with Crippen LogP contribution in [0.4, 0.5) is 0 Å². The molecule has 8 nitrogen and oxygen atoms in total. The fraction of sp³-hybridized carbons (Fsp3) is 0.391. The Morgan fingerprint density at radius 1 is 0.710 bits per heavy atom. The average molecular weight is 432 g/mol. The average Bonchev–Trinajstić information content (AvgIpc) is 2.82. The molecule has 2 rings (SSSR count). The minimum atomic E-state index is -1.16.